The van der Waals surface area contributed by atoms with E-state index in [0.717, 1.165) is 5.56 Å². The van der Waals surface area contributed by atoms with E-state index in [1.165, 1.54) is 0 Å². The van der Waals surface area contributed by atoms with Crippen molar-refractivity contribution in [1.29, 1.82) is 0 Å². The standard InChI is InChI=1S/C17H17ClN2O3/c1-11-8-13(18)4-7-16(11)23-10-17(22)20-14-5-2-12(3-6-14)15(21)9-19/h2-8H,9-10,19H2,1H3,(H,20,22). The maximum absolute atomic E-state index is 11.9. The number of rotatable bonds is 6. The zero-order valence-electron chi connectivity index (χ0n) is 12.6. The molecule has 3 N–H and O–H groups in total. The number of carbonyl (C=O) groups excluding carboxylic acids is 2. The average Bonchev–Trinajstić information content (AvgIpc) is 2.54. The van der Waals surface area contributed by atoms with Crippen LogP contribution in [0.3, 0.4) is 0 Å². The second-order valence-corrected chi connectivity index (χ2v) is 5.39. The summed E-state index contributed by atoms with van der Waals surface area (Å²) < 4.78 is 5.46. The minimum absolute atomic E-state index is 0.0417. The summed E-state index contributed by atoms with van der Waals surface area (Å²) in [6, 6.07) is 11.7. The number of nitrogens with one attached hydrogen (secondary N) is 1. The molecular formula is C17H17ClN2O3. The van der Waals surface area contributed by atoms with Crippen molar-refractivity contribution in [3.8, 4) is 5.75 Å². The van der Waals surface area contributed by atoms with Crippen LogP contribution >= 0.6 is 11.6 Å². The Labute approximate surface area is 139 Å². The van der Waals surface area contributed by atoms with E-state index in [2.05, 4.69) is 5.32 Å². The van der Waals surface area contributed by atoms with Gasteiger partial charge in [0.2, 0.25) is 0 Å². The summed E-state index contributed by atoms with van der Waals surface area (Å²) in [7, 11) is 0. The summed E-state index contributed by atoms with van der Waals surface area (Å²) >= 11 is 5.87. The number of ketones is 1. The Bertz CT molecular complexity index is 714. The fourth-order valence-electron chi connectivity index (χ4n) is 1.97. The van der Waals surface area contributed by atoms with Crippen LogP contribution in [0, 0.1) is 6.92 Å². The summed E-state index contributed by atoms with van der Waals surface area (Å²) in [4.78, 5) is 23.3. The highest BCUT2D eigenvalue weighted by Crippen LogP contribution is 2.21. The van der Waals surface area contributed by atoms with Gasteiger partial charge in [0.1, 0.15) is 5.75 Å². The summed E-state index contributed by atoms with van der Waals surface area (Å²) in [6.07, 6.45) is 0. The zero-order valence-corrected chi connectivity index (χ0v) is 13.4. The van der Waals surface area contributed by atoms with Gasteiger partial charge in [-0.05, 0) is 55.0 Å². The van der Waals surface area contributed by atoms with Gasteiger partial charge in [-0.1, -0.05) is 11.6 Å². The van der Waals surface area contributed by atoms with Crippen LogP contribution in [0.5, 0.6) is 5.75 Å². The van der Waals surface area contributed by atoms with Crippen molar-refractivity contribution < 1.29 is 14.3 Å². The molecule has 1 amide bonds. The van der Waals surface area contributed by atoms with Gasteiger partial charge < -0.3 is 15.8 Å². The number of carbonyl (C=O) groups is 2. The van der Waals surface area contributed by atoms with Crippen molar-refractivity contribution in [3.05, 3.63) is 58.6 Å². The zero-order chi connectivity index (χ0) is 16.8. The largest absolute Gasteiger partial charge is 0.483 e. The predicted molar refractivity (Wildman–Crippen MR) is 90.1 cm³/mol. The number of Topliss-reactive ketones (excluding diaryl/α,β-unsaturated/α-hetero) is 1. The monoisotopic (exact) mass is 332 g/mol. The first-order chi connectivity index (χ1) is 11.0. The summed E-state index contributed by atoms with van der Waals surface area (Å²) in [5.74, 6) is 0.162. The fourth-order valence-corrected chi connectivity index (χ4v) is 2.20. The van der Waals surface area contributed by atoms with Gasteiger partial charge >= 0.3 is 0 Å². The molecule has 0 spiro atoms. The smallest absolute Gasteiger partial charge is 0.262 e. The first-order valence-corrected chi connectivity index (χ1v) is 7.39. The van der Waals surface area contributed by atoms with E-state index >= 15 is 0 Å². The number of ether oxygens (including phenoxy) is 1. The number of amides is 1. The molecule has 0 bridgehead atoms. The number of benzene rings is 2. The molecule has 0 heterocycles. The first kappa shape index (κ1) is 17.0. The third-order valence-electron chi connectivity index (χ3n) is 3.17. The lowest BCUT2D eigenvalue weighted by Gasteiger charge is -2.10. The van der Waals surface area contributed by atoms with Crippen molar-refractivity contribution in [2.45, 2.75) is 6.92 Å². The Kier molecular flexibility index (Phi) is 5.73. The lowest BCUT2D eigenvalue weighted by atomic mass is 10.1. The van der Waals surface area contributed by atoms with Crippen LogP contribution in [0.4, 0.5) is 5.69 Å². The molecule has 0 aliphatic heterocycles. The van der Waals surface area contributed by atoms with E-state index in [4.69, 9.17) is 22.1 Å². The van der Waals surface area contributed by atoms with Crippen LogP contribution in [0.25, 0.3) is 0 Å². The van der Waals surface area contributed by atoms with Crippen molar-refractivity contribution in [2.75, 3.05) is 18.5 Å². The quantitative estimate of drug-likeness (QED) is 0.797. The van der Waals surface area contributed by atoms with Crippen LogP contribution in [0.1, 0.15) is 15.9 Å². The van der Waals surface area contributed by atoms with E-state index in [1.54, 1.807) is 42.5 Å². The number of hydrogen-bond donors (Lipinski definition) is 2. The van der Waals surface area contributed by atoms with E-state index in [0.29, 0.717) is 22.0 Å². The average molecular weight is 333 g/mol. The van der Waals surface area contributed by atoms with Crippen LogP contribution in [0.2, 0.25) is 5.02 Å². The first-order valence-electron chi connectivity index (χ1n) is 7.01. The highest BCUT2D eigenvalue weighted by atomic mass is 35.5. The highest BCUT2D eigenvalue weighted by Gasteiger charge is 2.07. The Morgan fingerprint density at radius 3 is 2.48 bits per heavy atom. The molecule has 6 heteroatoms. The Morgan fingerprint density at radius 2 is 1.87 bits per heavy atom. The molecule has 0 aliphatic rings. The highest BCUT2D eigenvalue weighted by molar-refractivity contribution is 6.30. The van der Waals surface area contributed by atoms with E-state index in [-0.39, 0.29) is 24.8 Å². The van der Waals surface area contributed by atoms with Gasteiger partial charge in [0.15, 0.2) is 12.4 Å². The van der Waals surface area contributed by atoms with Crippen molar-refractivity contribution in [2.24, 2.45) is 5.73 Å². The predicted octanol–water partition coefficient (Wildman–Crippen LogP) is 2.81. The number of nitrogens with two attached hydrogens (primary N) is 1. The minimum Gasteiger partial charge on any atom is -0.483 e. The van der Waals surface area contributed by atoms with E-state index < -0.39 is 0 Å². The molecule has 0 atom stereocenters. The molecule has 0 radical (unpaired) electrons. The molecule has 0 aliphatic carbocycles. The van der Waals surface area contributed by atoms with Crippen LogP contribution < -0.4 is 15.8 Å². The summed E-state index contributed by atoms with van der Waals surface area (Å²) in [5, 5.41) is 3.31. The molecule has 5 nitrogen and oxygen atoms in total. The second-order valence-electron chi connectivity index (χ2n) is 4.95. The van der Waals surface area contributed by atoms with Gasteiger partial charge in [-0.3, -0.25) is 9.59 Å². The van der Waals surface area contributed by atoms with E-state index in [1.807, 2.05) is 6.92 Å². The lowest BCUT2D eigenvalue weighted by Crippen LogP contribution is -2.20. The van der Waals surface area contributed by atoms with Gasteiger partial charge in [0, 0.05) is 16.3 Å². The van der Waals surface area contributed by atoms with Crippen molar-refractivity contribution in [1.82, 2.24) is 0 Å². The fraction of sp³-hybridized carbons (Fsp3) is 0.176. The molecule has 2 aromatic rings. The maximum Gasteiger partial charge on any atom is 0.262 e. The van der Waals surface area contributed by atoms with Crippen LogP contribution in [0.15, 0.2) is 42.5 Å². The number of hydrogen-bond acceptors (Lipinski definition) is 4. The molecular weight excluding hydrogens is 316 g/mol. The summed E-state index contributed by atoms with van der Waals surface area (Å²) in [6.45, 7) is 1.69. The third-order valence-corrected chi connectivity index (χ3v) is 3.41. The van der Waals surface area contributed by atoms with Crippen molar-refractivity contribution in [3.63, 3.8) is 0 Å². The van der Waals surface area contributed by atoms with Crippen LogP contribution in [-0.2, 0) is 4.79 Å². The van der Waals surface area contributed by atoms with Gasteiger partial charge in [0.25, 0.3) is 5.91 Å². The van der Waals surface area contributed by atoms with Gasteiger partial charge in [-0.2, -0.15) is 0 Å². The Hall–Kier alpha value is -2.37. The van der Waals surface area contributed by atoms with Gasteiger partial charge in [-0.15, -0.1) is 0 Å². The molecule has 0 saturated carbocycles. The molecule has 23 heavy (non-hydrogen) atoms. The van der Waals surface area contributed by atoms with E-state index in [9.17, 15) is 9.59 Å². The molecule has 120 valence electrons. The third kappa shape index (κ3) is 4.81. The minimum atomic E-state index is -0.294. The van der Waals surface area contributed by atoms with Crippen molar-refractivity contribution >= 4 is 29.0 Å². The molecule has 0 aromatic heterocycles. The normalized spacial score (nSPS) is 10.2. The maximum atomic E-state index is 11.9. The van der Waals surface area contributed by atoms with Gasteiger partial charge in [-0.25, -0.2) is 0 Å². The molecule has 0 saturated heterocycles. The number of halogens is 1. The molecule has 0 fully saturated rings. The number of aryl methyl sites for hydroxylation is 1. The Balaban J connectivity index is 1.90. The molecule has 0 unspecified atom stereocenters. The SMILES string of the molecule is Cc1cc(Cl)ccc1OCC(=O)Nc1ccc(C(=O)CN)cc1. The second kappa shape index (κ2) is 7.76. The molecule has 2 aromatic carbocycles. The topological polar surface area (TPSA) is 81.4 Å². The lowest BCUT2D eigenvalue weighted by molar-refractivity contribution is -0.118. The summed E-state index contributed by atoms with van der Waals surface area (Å²) in [5.41, 5.74) is 7.25. The van der Waals surface area contributed by atoms with Gasteiger partial charge in [0.05, 0.1) is 6.54 Å². The number of anilines is 1. The Morgan fingerprint density at radius 1 is 1.17 bits per heavy atom. The van der Waals surface area contributed by atoms with Crippen LogP contribution in [-0.4, -0.2) is 24.8 Å². The molecule has 2 rings (SSSR count).